The number of nitrogen functional groups attached to an aromatic ring is 1. The summed E-state index contributed by atoms with van der Waals surface area (Å²) in [5.41, 5.74) is 2.60. The standard InChI is InChI=1S/C10H8Cl2F3NO/c11-6-3-5-4(7(12)8(6)16)1-2-9(5,17)10(13,14)15/h3,17H,1-2,16H2. The average Bonchev–Trinajstić information content (AvgIpc) is 2.54. The first kappa shape index (κ1) is 12.8. The Hall–Kier alpha value is -0.650. The molecule has 7 heteroatoms. The van der Waals surface area contributed by atoms with E-state index in [2.05, 4.69) is 0 Å². The lowest BCUT2D eigenvalue weighted by Crippen LogP contribution is -2.40. The second-order valence-corrected chi connectivity index (χ2v) is 4.76. The van der Waals surface area contributed by atoms with E-state index in [1.54, 1.807) is 0 Å². The van der Waals surface area contributed by atoms with E-state index in [0.29, 0.717) is 0 Å². The van der Waals surface area contributed by atoms with Gasteiger partial charge in [0.25, 0.3) is 0 Å². The van der Waals surface area contributed by atoms with Gasteiger partial charge in [0.1, 0.15) is 0 Å². The van der Waals surface area contributed by atoms with Gasteiger partial charge in [0, 0.05) is 0 Å². The first-order valence-electron chi connectivity index (χ1n) is 4.74. The average molecular weight is 286 g/mol. The molecule has 17 heavy (non-hydrogen) atoms. The second kappa shape index (κ2) is 3.67. The Morgan fingerprint density at radius 1 is 1.35 bits per heavy atom. The normalized spacial score (nSPS) is 23.9. The molecule has 0 fully saturated rings. The highest BCUT2D eigenvalue weighted by atomic mass is 35.5. The summed E-state index contributed by atoms with van der Waals surface area (Å²) in [5.74, 6) is 0. The number of benzene rings is 1. The predicted molar refractivity (Wildman–Crippen MR) is 59.1 cm³/mol. The molecule has 0 aromatic heterocycles. The minimum Gasteiger partial charge on any atom is -0.396 e. The molecule has 0 bridgehead atoms. The van der Waals surface area contributed by atoms with Crippen LogP contribution >= 0.6 is 23.2 Å². The molecule has 0 aliphatic heterocycles. The van der Waals surface area contributed by atoms with Crippen molar-refractivity contribution in [3.63, 3.8) is 0 Å². The zero-order valence-electron chi connectivity index (χ0n) is 8.41. The Morgan fingerprint density at radius 3 is 2.47 bits per heavy atom. The molecule has 0 amide bonds. The van der Waals surface area contributed by atoms with Crippen molar-refractivity contribution >= 4 is 28.9 Å². The van der Waals surface area contributed by atoms with Crippen molar-refractivity contribution < 1.29 is 18.3 Å². The van der Waals surface area contributed by atoms with E-state index in [9.17, 15) is 18.3 Å². The van der Waals surface area contributed by atoms with Gasteiger partial charge in [-0.3, -0.25) is 0 Å². The summed E-state index contributed by atoms with van der Waals surface area (Å²) in [5, 5.41) is 9.64. The summed E-state index contributed by atoms with van der Waals surface area (Å²) in [6.07, 6.45) is -5.21. The summed E-state index contributed by atoms with van der Waals surface area (Å²) in [7, 11) is 0. The fourth-order valence-corrected chi connectivity index (χ4v) is 2.58. The number of aliphatic hydroxyl groups is 1. The van der Waals surface area contributed by atoms with Crippen LogP contribution in [0.3, 0.4) is 0 Å². The van der Waals surface area contributed by atoms with Crippen molar-refractivity contribution in [3.8, 4) is 0 Å². The second-order valence-electron chi connectivity index (χ2n) is 3.97. The Morgan fingerprint density at radius 2 is 1.94 bits per heavy atom. The smallest absolute Gasteiger partial charge is 0.396 e. The van der Waals surface area contributed by atoms with Crippen LogP contribution in [0.5, 0.6) is 0 Å². The third-order valence-electron chi connectivity index (χ3n) is 3.01. The lowest BCUT2D eigenvalue weighted by atomic mass is 9.95. The molecule has 1 aromatic carbocycles. The van der Waals surface area contributed by atoms with Crippen LogP contribution in [0.2, 0.25) is 10.0 Å². The van der Waals surface area contributed by atoms with Crippen LogP contribution in [0, 0.1) is 0 Å². The molecule has 1 unspecified atom stereocenters. The maximum absolute atomic E-state index is 12.8. The molecule has 2 rings (SSSR count). The third-order valence-corrected chi connectivity index (χ3v) is 3.75. The third kappa shape index (κ3) is 1.68. The number of hydrogen-bond acceptors (Lipinski definition) is 2. The van der Waals surface area contributed by atoms with E-state index in [1.807, 2.05) is 0 Å². The Balaban J connectivity index is 2.68. The SMILES string of the molecule is Nc1c(Cl)cc2c(c1Cl)CCC2(O)C(F)(F)F. The topological polar surface area (TPSA) is 46.2 Å². The van der Waals surface area contributed by atoms with Gasteiger partial charge in [0.2, 0.25) is 0 Å². The zero-order chi connectivity index (χ0) is 13.0. The van der Waals surface area contributed by atoms with Crippen molar-refractivity contribution in [2.24, 2.45) is 0 Å². The highest BCUT2D eigenvalue weighted by Crippen LogP contribution is 2.51. The van der Waals surface area contributed by atoms with Crippen LogP contribution in [0.15, 0.2) is 6.07 Å². The van der Waals surface area contributed by atoms with Gasteiger partial charge in [-0.2, -0.15) is 13.2 Å². The Kier molecular flexibility index (Phi) is 2.76. The molecule has 1 aliphatic rings. The van der Waals surface area contributed by atoms with E-state index in [4.69, 9.17) is 28.9 Å². The Labute approximate surface area is 105 Å². The number of anilines is 1. The first-order chi connectivity index (χ1) is 7.68. The van der Waals surface area contributed by atoms with Gasteiger partial charge in [-0.1, -0.05) is 23.2 Å². The van der Waals surface area contributed by atoms with Crippen molar-refractivity contribution in [2.75, 3.05) is 5.73 Å². The van der Waals surface area contributed by atoms with Gasteiger partial charge in [-0.25, -0.2) is 0 Å². The maximum Gasteiger partial charge on any atom is 0.421 e. The summed E-state index contributed by atoms with van der Waals surface area (Å²) in [4.78, 5) is 0. The van der Waals surface area contributed by atoms with E-state index in [0.717, 1.165) is 6.07 Å². The molecule has 1 aromatic rings. The highest BCUT2D eigenvalue weighted by Gasteiger charge is 2.58. The maximum atomic E-state index is 12.8. The summed E-state index contributed by atoms with van der Waals surface area (Å²) in [6, 6.07) is 1.04. The first-order valence-corrected chi connectivity index (χ1v) is 5.50. The molecule has 1 aliphatic carbocycles. The largest absolute Gasteiger partial charge is 0.421 e. The molecule has 0 saturated carbocycles. The van der Waals surface area contributed by atoms with Gasteiger partial charge >= 0.3 is 6.18 Å². The number of hydrogen-bond donors (Lipinski definition) is 2. The minimum absolute atomic E-state index is 0.00678. The lowest BCUT2D eigenvalue weighted by Gasteiger charge is -2.27. The van der Waals surface area contributed by atoms with Gasteiger partial charge in [0.05, 0.1) is 15.7 Å². The van der Waals surface area contributed by atoms with Crippen LogP contribution < -0.4 is 5.73 Å². The zero-order valence-corrected chi connectivity index (χ0v) is 9.92. The molecule has 2 nitrogen and oxygen atoms in total. The number of alkyl halides is 3. The van der Waals surface area contributed by atoms with Gasteiger partial charge in [-0.05, 0) is 30.0 Å². The summed E-state index contributed by atoms with van der Waals surface area (Å²) >= 11 is 11.5. The predicted octanol–water partition coefficient (Wildman–Crippen LogP) is 3.27. The van der Waals surface area contributed by atoms with Crippen LogP contribution in [0.25, 0.3) is 0 Å². The van der Waals surface area contributed by atoms with E-state index < -0.39 is 18.2 Å². The molecular weight excluding hydrogens is 278 g/mol. The molecular formula is C10H8Cl2F3NO. The number of rotatable bonds is 0. The van der Waals surface area contributed by atoms with Gasteiger partial charge in [0.15, 0.2) is 5.60 Å². The molecule has 1 atom stereocenters. The monoisotopic (exact) mass is 285 g/mol. The summed E-state index contributed by atoms with van der Waals surface area (Å²) < 4.78 is 38.5. The number of halogens is 5. The van der Waals surface area contributed by atoms with Crippen LogP contribution in [-0.2, 0) is 12.0 Å². The molecule has 0 heterocycles. The molecule has 0 radical (unpaired) electrons. The molecule has 3 N–H and O–H groups in total. The fraction of sp³-hybridized carbons (Fsp3) is 0.400. The molecule has 94 valence electrons. The van der Waals surface area contributed by atoms with Crippen LogP contribution in [-0.4, -0.2) is 11.3 Å². The van der Waals surface area contributed by atoms with Crippen LogP contribution in [0.4, 0.5) is 18.9 Å². The number of fused-ring (bicyclic) bond motifs is 1. The Bertz CT molecular complexity index is 489. The van der Waals surface area contributed by atoms with Crippen molar-refractivity contribution in [1.82, 2.24) is 0 Å². The van der Waals surface area contributed by atoms with Crippen molar-refractivity contribution in [3.05, 3.63) is 27.2 Å². The molecule has 0 saturated heterocycles. The van der Waals surface area contributed by atoms with E-state index in [1.165, 1.54) is 0 Å². The van der Waals surface area contributed by atoms with E-state index >= 15 is 0 Å². The highest BCUT2D eigenvalue weighted by molar-refractivity contribution is 6.39. The molecule has 0 spiro atoms. The van der Waals surface area contributed by atoms with Crippen LogP contribution in [0.1, 0.15) is 17.5 Å². The quantitative estimate of drug-likeness (QED) is 0.719. The van der Waals surface area contributed by atoms with Crippen molar-refractivity contribution in [2.45, 2.75) is 24.6 Å². The van der Waals surface area contributed by atoms with Gasteiger partial charge < -0.3 is 10.8 Å². The number of nitrogens with two attached hydrogens (primary N) is 1. The fourth-order valence-electron chi connectivity index (χ4n) is 2.03. The minimum atomic E-state index is -4.76. The summed E-state index contributed by atoms with van der Waals surface area (Å²) in [6.45, 7) is 0. The van der Waals surface area contributed by atoms with Crippen molar-refractivity contribution in [1.29, 1.82) is 0 Å². The van der Waals surface area contributed by atoms with Gasteiger partial charge in [-0.15, -0.1) is 0 Å². The lowest BCUT2D eigenvalue weighted by molar-refractivity contribution is -0.265. The van der Waals surface area contributed by atoms with E-state index in [-0.39, 0.29) is 33.3 Å².